The highest BCUT2D eigenvalue weighted by Crippen LogP contribution is 2.28. The molecule has 0 aliphatic carbocycles. The maximum absolute atomic E-state index is 13.1. The maximum atomic E-state index is 13.1. The van der Waals surface area contributed by atoms with Crippen molar-refractivity contribution >= 4 is 33.7 Å². The molecule has 0 aliphatic heterocycles. The van der Waals surface area contributed by atoms with Gasteiger partial charge in [0.25, 0.3) is 5.56 Å². The summed E-state index contributed by atoms with van der Waals surface area (Å²) < 4.78 is 1.40. The second kappa shape index (κ2) is 8.45. The average Bonchev–Trinajstić information content (AvgIpc) is 2.88. The number of nitrogens with zero attached hydrogens (tertiary/aromatic N) is 6. The van der Waals surface area contributed by atoms with Gasteiger partial charge in [0.2, 0.25) is 0 Å². The molecule has 9 nitrogen and oxygen atoms in total. The van der Waals surface area contributed by atoms with Crippen LogP contribution in [-0.2, 0) is 5.41 Å². The second-order valence-electron chi connectivity index (χ2n) is 8.42. The fraction of sp³-hybridized carbons (Fsp3) is 0.160. The predicted molar refractivity (Wildman–Crippen MR) is 135 cm³/mol. The van der Waals surface area contributed by atoms with E-state index in [4.69, 9.17) is 4.98 Å². The second-order valence-corrected chi connectivity index (χ2v) is 9.20. The van der Waals surface area contributed by atoms with Gasteiger partial charge in [0.1, 0.15) is 5.52 Å². The van der Waals surface area contributed by atoms with Crippen molar-refractivity contribution < 1.29 is 0 Å². The van der Waals surface area contributed by atoms with Crippen LogP contribution in [0.2, 0.25) is 0 Å². The van der Waals surface area contributed by atoms with Crippen molar-refractivity contribution in [2.75, 3.05) is 6.26 Å². The van der Waals surface area contributed by atoms with Crippen LogP contribution in [0.3, 0.4) is 0 Å². The summed E-state index contributed by atoms with van der Waals surface area (Å²) in [6.07, 6.45) is 6.69. The molecule has 172 valence electrons. The average molecular weight is 482 g/mol. The van der Waals surface area contributed by atoms with Crippen LogP contribution in [0.5, 0.6) is 0 Å². The standard InChI is InChI=1S/C25H19N7O2S/c1-25(2,13-26)15-5-4-6-16(9-15)32-21-17(22(33)31-24(32)34)12-27-19-8-7-18(30-20(19)21)14-10-28-23(35-3)29-11-14/h4-12H,1-3H3,(H,31,33,34). The molecule has 0 spiro atoms. The lowest BCUT2D eigenvalue weighted by atomic mass is 9.86. The van der Waals surface area contributed by atoms with E-state index in [2.05, 4.69) is 26.0 Å². The molecule has 5 rings (SSSR count). The number of nitrogens with one attached hydrogen (secondary N) is 1. The van der Waals surface area contributed by atoms with Gasteiger partial charge >= 0.3 is 5.69 Å². The smallest absolute Gasteiger partial charge is 0.273 e. The first-order valence-corrected chi connectivity index (χ1v) is 11.9. The Balaban J connectivity index is 1.84. The molecule has 5 aromatic rings. The van der Waals surface area contributed by atoms with Crippen molar-refractivity contribution in [2.45, 2.75) is 24.4 Å². The molecule has 1 N–H and O–H groups in total. The maximum Gasteiger partial charge on any atom is 0.333 e. The Morgan fingerprint density at radius 2 is 1.83 bits per heavy atom. The van der Waals surface area contributed by atoms with Gasteiger partial charge in [0.15, 0.2) is 5.16 Å². The third kappa shape index (κ3) is 3.86. The molecule has 0 unspecified atom stereocenters. The fourth-order valence-corrected chi connectivity index (χ4v) is 4.14. The van der Waals surface area contributed by atoms with Gasteiger partial charge in [0, 0.05) is 24.2 Å². The lowest BCUT2D eigenvalue weighted by Gasteiger charge is -2.18. The topological polar surface area (TPSA) is 130 Å². The summed E-state index contributed by atoms with van der Waals surface area (Å²) in [7, 11) is 0. The van der Waals surface area contributed by atoms with Gasteiger partial charge in [-0.25, -0.2) is 19.7 Å². The first-order valence-electron chi connectivity index (χ1n) is 10.7. The minimum atomic E-state index is -0.768. The van der Waals surface area contributed by atoms with Crippen LogP contribution in [0.4, 0.5) is 0 Å². The molecule has 0 fully saturated rings. The zero-order valence-corrected chi connectivity index (χ0v) is 19.9. The first kappa shape index (κ1) is 22.4. The van der Waals surface area contributed by atoms with Crippen molar-refractivity contribution in [3.8, 4) is 23.0 Å². The summed E-state index contributed by atoms with van der Waals surface area (Å²) >= 11 is 1.44. The quantitative estimate of drug-likeness (QED) is 0.234. The van der Waals surface area contributed by atoms with Crippen LogP contribution in [0.25, 0.3) is 38.9 Å². The molecule has 35 heavy (non-hydrogen) atoms. The van der Waals surface area contributed by atoms with E-state index in [0.29, 0.717) is 38.7 Å². The molecule has 0 bridgehead atoms. The normalized spacial score (nSPS) is 11.6. The number of aromatic amines is 1. The Labute approximate surface area is 203 Å². The van der Waals surface area contributed by atoms with Gasteiger partial charge in [-0.15, -0.1) is 0 Å². The number of fused-ring (bicyclic) bond motifs is 3. The Morgan fingerprint density at radius 1 is 1.06 bits per heavy atom. The molecule has 0 amide bonds. The zero-order chi connectivity index (χ0) is 24.7. The number of hydrogen-bond donors (Lipinski definition) is 1. The highest BCUT2D eigenvalue weighted by atomic mass is 32.2. The summed E-state index contributed by atoms with van der Waals surface area (Å²) in [5, 5.41) is 10.5. The third-order valence-corrected chi connectivity index (χ3v) is 6.37. The lowest BCUT2D eigenvalue weighted by Crippen LogP contribution is -2.30. The molecule has 4 heterocycles. The van der Waals surface area contributed by atoms with Gasteiger partial charge in [0.05, 0.1) is 39.3 Å². The highest BCUT2D eigenvalue weighted by molar-refractivity contribution is 7.98. The summed E-state index contributed by atoms with van der Waals surface area (Å²) in [5.74, 6) is 0. The van der Waals surface area contributed by atoms with E-state index in [-0.39, 0.29) is 5.39 Å². The first-order chi connectivity index (χ1) is 16.8. The van der Waals surface area contributed by atoms with Crippen LogP contribution in [0.15, 0.2) is 69.7 Å². The number of H-pyrrole nitrogens is 1. The number of aromatic nitrogens is 6. The van der Waals surface area contributed by atoms with Crippen LogP contribution in [0, 0.1) is 11.3 Å². The number of nitriles is 1. The van der Waals surface area contributed by atoms with Crippen LogP contribution in [0.1, 0.15) is 19.4 Å². The summed E-state index contributed by atoms with van der Waals surface area (Å²) in [4.78, 5) is 46.0. The predicted octanol–water partition coefficient (Wildman–Crippen LogP) is 3.60. The number of hydrogen-bond acceptors (Lipinski definition) is 8. The van der Waals surface area contributed by atoms with Crippen LogP contribution >= 0.6 is 11.8 Å². The van der Waals surface area contributed by atoms with E-state index >= 15 is 0 Å². The minimum absolute atomic E-state index is 0.223. The largest absolute Gasteiger partial charge is 0.333 e. The van der Waals surface area contributed by atoms with E-state index < -0.39 is 16.7 Å². The van der Waals surface area contributed by atoms with Crippen LogP contribution in [-0.4, -0.2) is 35.7 Å². The van der Waals surface area contributed by atoms with E-state index in [1.165, 1.54) is 22.5 Å². The van der Waals surface area contributed by atoms with Crippen molar-refractivity contribution in [1.82, 2.24) is 29.5 Å². The summed E-state index contributed by atoms with van der Waals surface area (Å²) in [6, 6.07) is 13.0. The Morgan fingerprint density at radius 3 is 2.54 bits per heavy atom. The van der Waals surface area contributed by atoms with Gasteiger partial charge in [-0.1, -0.05) is 23.9 Å². The van der Waals surface area contributed by atoms with Gasteiger partial charge in [-0.2, -0.15) is 5.26 Å². The Kier molecular flexibility index (Phi) is 5.42. The van der Waals surface area contributed by atoms with Crippen molar-refractivity contribution in [1.29, 1.82) is 5.26 Å². The molecule has 0 radical (unpaired) electrons. The van der Waals surface area contributed by atoms with Crippen molar-refractivity contribution in [3.05, 3.63) is 81.4 Å². The zero-order valence-electron chi connectivity index (χ0n) is 19.1. The Hall–Kier alpha value is -4.36. The van der Waals surface area contributed by atoms with E-state index in [1.807, 2.05) is 12.3 Å². The van der Waals surface area contributed by atoms with Crippen molar-refractivity contribution in [2.24, 2.45) is 0 Å². The molecule has 0 saturated heterocycles. The van der Waals surface area contributed by atoms with Gasteiger partial charge in [-0.05, 0) is 49.9 Å². The molecule has 0 aliphatic rings. The molecule has 0 atom stereocenters. The molecule has 10 heteroatoms. The monoisotopic (exact) mass is 481 g/mol. The molecule has 0 saturated carbocycles. The molecular weight excluding hydrogens is 462 g/mol. The summed E-state index contributed by atoms with van der Waals surface area (Å²) in [5.41, 5.74) is 1.83. The van der Waals surface area contributed by atoms with E-state index in [9.17, 15) is 14.9 Å². The molecule has 1 aromatic carbocycles. The Bertz CT molecular complexity index is 1770. The van der Waals surface area contributed by atoms with Crippen LogP contribution < -0.4 is 11.2 Å². The van der Waals surface area contributed by atoms with E-state index in [1.54, 1.807) is 56.6 Å². The molecular formula is C25H19N7O2S. The minimum Gasteiger partial charge on any atom is -0.273 e. The highest BCUT2D eigenvalue weighted by Gasteiger charge is 2.21. The number of pyridine rings is 2. The molecule has 4 aromatic heterocycles. The third-order valence-electron chi connectivity index (χ3n) is 5.79. The summed E-state index contributed by atoms with van der Waals surface area (Å²) in [6.45, 7) is 3.61. The van der Waals surface area contributed by atoms with Gasteiger partial charge < -0.3 is 0 Å². The number of rotatable bonds is 4. The number of benzene rings is 1. The lowest BCUT2D eigenvalue weighted by molar-refractivity contribution is 0.686. The van der Waals surface area contributed by atoms with Gasteiger partial charge in [-0.3, -0.25) is 19.3 Å². The number of thioether (sulfide) groups is 1. The van der Waals surface area contributed by atoms with Crippen molar-refractivity contribution in [3.63, 3.8) is 0 Å². The fourth-order valence-electron chi connectivity index (χ4n) is 3.83. The SMILES string of the molecule is CSc1ncc(-c2ccc3ncc4c(=O)[nH]c(=O)n(-c5cccc(C(C)(C)C#N)c5)c4c3n2)cn1. The van der Waals surface area contributed by atoms with E-state index in [0.717, 1.165) is 5.56 Å².